The highest BCUT2D eigenvalue weighted by Crippen LogP contribution is 2.24. The van der Waals surface area contributed by atoms with Gasteiger partial charge >= 0.3 is 0 Å². The number of aromatic nitrogens is 1. The number of carbonyl (C=O) groups is 1. The lowest BCUT2D eigenvalue weighted by Gasteiger charge is -2.31. The van der Waals surface area contributed by atoms with E-state index in [0.29, 0.717) is 23.9 Å². The zero-order valence-electron chi connectivity index (χ0n) is 15.0. The molecular weight excluding hydrogens is 331 g/mol. The van der Waals surface area contributed by atoms with E-state index in [4.69, 9.17) is 4.74 Å². The van der Waals surface area contributed by atoms with Gasteiger partial charge in [0.15, 0.2) is 5.78 Å². The third kappa shape index (κ3) is 5.11. The van der Waals surface area contributed by atoms with Crippen LogP contribution < -0.4 is 4.74 Å². The molecule has 1 saturated heterocycles. The van der Waals surface area contributed by atoms with E-state index in [-0.39, 0.29) is 11.6 Å². The summed E-state index contributed by atoms with van der Waals surface area (Å²) in [6.45, 7) is 2.25. The van der Waals surface area contributed by atoms with Gasteiger partial charge in [0.2, 0.25) is 5.88 Å². The Hall–Kier alpha value is -2.27. The van der Waals surface area contributed by atoms with Crippen molar-refractivity contribution in [2.75, 3.05) is 26.7 Å². The number of nitrogens with zero attached hydrogens (tertiary/aromatic N) is 2. The van der Waals surface area contributed by atoms with Gasteiger partial charge < -0.3 is 4.74 Å². The second-order valence-electron chi connectivity index (χ2n) is 6.72. The number of hydrogen-bond donors (Lipinski definition) is 0. The fraction of sp³-hybridized carbons (Fsp3) is 0.381. The first-order valence-electron chi connectivity index (χ1n) is 8.98. The van der Waals surface area contributed by atoms with Gasteiger partial charge in [-0.2, -0.15) is 0 Å². The second kappa shape index (κ2) is 8.90. The van der Waals surface area contributed by atoms with Crippen molar-refractivity contribution in [2.24, 2.45) is 5.92 Å². The van der Waals surface area contributed by atoms with Gasteiger partial charge in [-0.1, -0.05) is 6.07 Å². The summed E-state index contributed by atoms with van der Waals surface area (Å²) in [5.41, 5.74) is 1.69. The van der Waals surface area contributed by atoms with Crippen LogP contribution in [0.25, 0.3) is 0 Å². The van der Waals surface area contributed by atoms with Gasteiger partial charge in [0, 0.05) is 17.8 Å². The van der Waals surface area contributed by atoms with Crippen LogP contribution in [0.3, 0.4) is 0 Å². The third-order valence-corrected chi connectivity index (χ3v) is 4.90. The molecule has 0 saturated carbocycles. The highest BCUT2D eigenvalue weighted by molar-refractivity contribution is 5.97. The monoisotopic (exact) mass is 355 g/mol. The van der Waals surface area contributed by atoms with Gasteiger partial charge in [0.25, 0.3) is 0 Å². The average Bonchev–Trinajstić information content (AvgIpc) is 2.68. The van der Waals surface area contributed by atoms with Crippen molar-refractivity contribution < 1.29 is 13.9 Å². The first kappa shape index (κ1) is 18.5. The van der Waals surface area contributed by atoms with Crippen molar-refractivity contribution in [3.63, 3.8) is 0 Å². The fourth-order valence-electron chi connectivity index (χ4n) is 3.25. The van der Waals surface area contributed by atoms with Crippen molar-refractivity contribution in [1.82, 2.24) is 9.88 Å². The molecule has 1 radical (unpaired) electrons. The normalized spacial score (nSPS) is 15.8. The van der Waals surface area contributed by atoms with Crippen LogP contribution in [0, 0.1) is 18.2 Å². The van der Waals surface area contributed by atoms with Crippen LogP contribution in [0.2, 0.25) is 0 Å². The molecule has 0 spiro atoms. The summed E-state index contributed by atoms with van der Waals surface area (Å²) in [6.07, 6.45) is 7.23. The van der Waals surface area contributed by atoms with Crippen LogP contribution in [0.15, 0.2) is 42.6 Å². The molecule has 0 unspecified atom stereocenters. The number of Topliss-reactive ketones (excluding diaryl/α,β-unsaturated/α-hetero) is 1. The Labute approximate surface area is 154 Å². The minimum absolute atomic E-state index is 0.0549. The molecule has 2 aromatic rings. The number of carbonyl (C=O) groups excluding carboxylic acids is 1. The van der Waals surface area contributed by atoms with E-state index in [1.54, 1.807) is 19.2 Å². The predicted octanol–water partition coefficient (Wildman–Crippen LogP) is 3.77. The summed E-state index contributed by atoms with van der Waals surface area (Å²) in [5, 5.41) is 0. The van der Waals surface area contributed by atoms with Crippen LogP contribution in [0.4, 0.5) is 4.39 Å². The molecule has 0 aliphatic carbocycles. The number of methoxy groups -OCH3 is 1. The summed E-state index contributed by atoms with van der Waals surface area (Å²) < 4.78 is 18.0. The molecule has 5 heteroatoms. The molecule has 1 aromatic heterocycles. The Balaban J connectivity index is 1.40. The van der Waals surface area contributed by atoms with Crippen molar-refractivity contribution in [3.05, 3.63) is 66.0 Å². The molecule has 26 heavy (non-hydrogen) atoms. The van der Waals surface area contributed by atoms with Crippen molar-refractivity contribution in [1.29, 1.82) is 0 Å². The maximum Gasteiger partial charge on any atom is 0.212 e. The first-order valence-corrected chi connectivity index (χ1v) is 8.98. The molecule has 1 fully saturated rings. The molecule has 0 N–H and O–H groups in total. The lowest BCUT2D eigenvalue weighted by molar-refractivity contribution is 0.0895. The van der Waals surface area contributed by atoms with Gasteiger partial charge in [-0.15, -0.1) is 0 Å². The van der Waals surface area contributed by atoms with Crippen LogP contribution in [-0.2, 0) is 0 Å². The summed E-state index contributed by atoms with van der Waals surface area (Å²) in [4.78, 5) is 18.7. The quantitative estimate of drug-likeness (QED) is 0.709. The average molecular weight is 355 g/mol. The van der Waals surface area contributed by atoms with E-state index in [1.165, 1.54) is 12.1 Å². The van der Waals surface area contributed by atoms with Crippen LogP contribution in [0.1, 0.15) is 35.2 Å². The van der Waals surface area contributed by atoms with E-state index in [0.717, 1.165) is 37.9 Å². The number of benzene rings is 1. The van der Waals surface area contributed by atoms with Gasteiger partial charge in [-0.3, -0.25) is 9.69 Å². The highest BCUT2D eigenvalue weighted by atomic mass is 19.1. The molecule has 1 aliphatic rings. The fourth-order valence-corrected chi connectivity index (χ4v) is 3.25. The zero-order chi connectivity index (χ0) is 18.4. The Kier molecular flexibility index (Phi) is 6.34. The molecular formula is C21H24FN2O2. The number of pyridine rings is 1. The lowest BCUT2D eigenvalue weighted by Crippen LogP contribution is -2.37. The van der Waals surface area contributed by atoms with E-state index >= 15 is 0 Å². The largest absolute Gasteiger partial charge is 0.481 e. The van der Waals surface area contributed by atoms with Crippen LogP contribution in [-0.4, -0.2) is 42.4 Å². The minimum atomic E-state index is -0.314. The van der Waals surface area contributed by atoms with Gasteiger partial charge in [-0.25, -0.2) is 9.37 Å². The van der Waals surface area contributed by atoms with E-state index in [2.05, 4.69) is 16.3 Å². The number of likely N-dealkylation sites (tertiary alicyclic amines) is 1. The number of ketones is 1. The van der Waals surface area contributed by atoms with Crippen LogP contribution in [0.5, 0.6) is 5.88 Å². The second-order valence-corrected chi connectivity index (χ2v) is 6.72. The topological polar surface area (TPSA) is 42.4 Å². The molecule has 0 amide bonds. The standard InChI is InChI=1S/C21H24FN2O2/c1-26-21-9-4-17(14-23-21)3-2-16-10-12-24(13-11-16)15-20(25)18-5-7-19(22)8-6-18/h3-9,14,16H,2,10-13,15H2,1H3. The third-order valence-electron chi connectivity index (χ3n) is 4.90. The minimum Gasteiger partial charge on any atom is -0.481 e. The number of halogens is 1. The number of ether oxygens (including phenoxy) is 1. The van der Waals surface area contributed by atoms with Crippen molar-refractivity contribution in [3.8, 4) is 5.88 Å². The summed E-state index contributed by atoms with van der Waals surface area (Å²) in [5.74, 6) is 1.00. The van der Waals surface area contributed by atoms with Gasteiger partial charge in [-0.05, 0) is 74.5 Å². The predicted molar refractivity (Wildman–Crippen MR) is 98.7 cm³/mol. The highest BCUT2D eigenvalue weighted by Gasteiger charge is 2.21. The number of piperidine rings is 1. The molecule has 1 aliphatic heterocycles. The van der Waals surface area contributed by atoms with Crippen molar-refractivity contribution >= 4 is 5.78 Å². The number of hydrogen-bond acceptors (Lipinski definition) is 4. The van der Waals surface area contributed by atoms with E-state index in [1.807, 2.05) is 18.3 Å². The maximum absolute atomic E-state index is 13.0. The lowest BCUT2D eigenvalue weighted by atomic mass is 9.90. The molecule has 0 atom stereocenters. The van der Waals surface area contributed by atoms with E-state index in [9.17, 15) is 9.18 Å². The number of rotatable bonds is 7. The first-order chi connectivity index (χ1) is 12.6. The summed E-state index contributed by atoms with van der Waals surface area (Å²) in [7, 11) is 1.61. The SMILES string of the molecule is COc1ccc([CH]CC2CCN(CC(=O)c3ccc(F)cc3)CC2)cn1. The smallest absolute Gasteiger partial charge is 0.212 e. The van der Waals surface area contributed by atoms with Crippen molar-refractivity contribution in [2.45, 2.75) is 19.3 Å². The molecule has 1 aromatic carbocycles. The summed E-state index contributed by atoms with van der Waals surface area (Å²) >= 11 is 0. The van der Waals surface area contributed by atoms with Crippen LogP contribution >= 0.6 is 0 Å². The Morgan fingerprint density at radius 3 is 2.58 bits per heavy atom. The van der Waals surface area contributed by atoms with Gasteiger partial charge in [0.05, 0.1) is 13.7 Å². The zero-order valence-corrected chi connectivity index (χ0v) is 15.0. The molecule has 2 heterocycles. The Bertz CT molecular complexity index is 708. The Morgan fingerprint density at radius 1 is 1.23 bits per heavy atom. The van der Waals surface area contributed by atoms with Gasteiger partial charge in [0.1, 0.15) is 5.82 Å². The molecule has 0 bridgehead atoms. The maximum atomic E-state index is 13.0. The molecule has 3 rings (SSSR count). The summed E-state index contributed by atoms with van der Waals surface area (Å²) in [6, 6.07) is 9.68. The molecule has 4 nitrogen and oxygen atoms in total. The van der Waals surface area contributed by atoms with E-state index < -0.39 is 0 Å². The molecule has 137 valence electrons. The Morgan fingerprint density at radius 2 is 1.96 bits per heavy atom.